The molecule has 1 heterocycles. The lowest BCUT2D eigenvalue weighted by molar-refractivity contribution is -0.0169. The maximum Gasteiger partial charge on any atom is 0.0600 e. The summed E-state index contributed by atoms with van der Waals surface area (Å²) in [7, 11) is 0. The van der Waals surface area contributed by atoms with Crippen molar-refractivity contribution in [1.82, 2.24) is 4.90 Å². The number of piperidine rings is 1. The van der Waals surface area contributed by atoms with Gasteiger partial charge in [0.15, 0.2) is 0 Å². The predicted octanol–water partition coefficient (Wildman–Crippen LogP) is 1.47. The van der Waals surface area contributed by atoms with Gasteiger partial charge in [0.1, 0.15) is 0 Å². The summed E-state index contributed by atoms with van der Waals surface area (Å²) in [6.45, 7) is 12.5. The number of nitrogens with zero attached hydrogens (tertiary/aromatic N) is 1. The van der Waals surface area contributed by atoms with Crippen LogP contribution in [0.1, 0.15) is 34.1 Å². The van der Waals surface area contributed by atoms with Crippen molar-refractivity contribution in [3.8, 4) is 0 Å². The molecular weight excluding hydrogens is 188 g/mol. The fourth-order valence-corrected chi connectivity index (χ4v) is 1.85. The molecule has 2 unspecified atom stereocenters. The van der Waals surface area contributed by atoms with E-state index in [2.05, 4.69) is 32.6 Å². The monoisotopic (exact) mass is 214 g/mol. The van der Waals surface area contributed by atoms with Crippen LogP contribution in [0.25, 0.3) is 0 Å². The highest BCUT2D eigenvalue weighted by Crippen LogP contribution is 2.15. The first-order valence-electron chi connectivity index (χ1n) is 6.00. The van der Waals surface area contributed by atoms with Gasteiger partial charge in [0.25, 0.3) is 0 Å². The highest BCUT2D eigenvalue weighted by molar-refractivity contribution is 4.80. The number of hydrogen-bond acceptors (Lipinski definition) is 3. The highest BCUT2D eigenvalue weighted by Gasteiger charge is 2.22. The second-order valence-corrected chi connectivity index (χ2v) is 5.69. The van der Waals surface area contributed by atoms with Gasteiger partial charge in [-0.05, 0) is 39.7 Å². The molecule has 15 heavy (non-hydrogen) atoms. The first-order valence-corrected chi connectivity index (χ1v) is 6.00. The van der Waals surface area contributed by atoms with Gasteiger partial charge < -0.3 is 10.5 Å². The molecule has 0 aromatic rings. The highest BCUT2D eigenvalue weighted by atomic mass is 16.5. The third-order valence-corrected chi connectivity index (χ3v) is 3.04. The van der Waals surface area contributed by atoms with Crippen LogP contribution in [-0.2, 0) is 4.74 Å². The van der Waals surface area contributed by atoms with Crippen molar-refractivity contribution in [2.45, 2.75) is 45.8 Å². The maximum atomic E-state index is 6.04. The van der Waals surface area contributed by atoms with Gasteiger partial charge in [0.2, 0.25) is 0 Å². The van der Waals surface area contributed by atoms with Gasteiger partial charge in [-0.1, -0.05) is 6.92 Å². The summed E-state index contributed by atoms with van der Waals surface area (Å²) in [5.74, 6) is 0.671. The molecule has 0 radical (unpaired) electrons. The van der Waals surface area contributed by atoms with Crippen LogP contribution in [0.5, 0.6) is 0 Å². The van der Waals surface area contributed by atoms with Crippen molar-refractivity contribution < 1.29 is 4.74 Å². The van der Waals surface area contributed by atoms with E-state index in [9.17, 15) is 0 Å². The summed E-state index contributed by atoms with van der Waals surface area (Å²) < 4.78 is 5.71. The lowest BCUT2D eigenvalue weighted by Crippen LogP contribution is -2.48. The van der Waals surface area contributed by atoms with Crippen LogP contribution in [0, 0.1) is 5.92 Å². The second kappa shape index (κ2) is 5.28. The summed E-state index contributed by atoms with van der Waals surface area (Å²) in [5.41, 5.74) is 6.02. The van der Waals surface area contributed by atoms with Gasteiger partial charge in [-0.3, -0.25) is 4.90 Å². The molecule has 0 amide bonds. The fourth-order valence-electron chi connectivity index (χ4n) is 1.85. The van der Waals surface area contributed by atoms with Crippen LogP contribution in [-0.4, -0.2) is 42.8 Å². The second-order valence-electron chi connectivity index (χ2n) is 5.69. The van der Waals surface area contributed by atoms with E-state index in [0.717, 1.165) is 19.7 Å². The molecule has 0 spiro atoms. The summed E-state index contributed by atoms with van der Waals surface area (Å²) >= 11 is 0. The van der Waals surface area contributed by atoms with Gasteiger partial charge in [-0.2, -0.15) is 0 Å². The molecule has 0 aromatic carbocycles. The molecule has 1 saturated heterocycles. The Balaban J connectivity index is 2.17. The van der Waals surface area contributed by atoms with Crippen molar-refractivity contribution in [2.24, 2.45) is 11.7 Å². The van der Waals surface area contributed by atoms with E-state index in [1.807, 2.05) is 0 Å². The third kappa shape index (κ3) is 4.96. The lowest BCUT2D eigenvalue weighted by Gasteiger charge is -2.35. The van der Waals surface area contributed by atoms with Gasteiger partial charge in [0.05, 0.1) is 12.2 Å². The van der Waals surface area contributed by atoms with Crippen molar-refractivity contribution in [2.75, 3.05) is 26.2 Å². The Bertz CT molecular complexity index is 189. The Morgan fingerprint density at radius 1 is 1.40 bits per heavy atom. The van der Waals surface area contributed by atoms with Crippen molar-refractivity contribution in [3.63, 3.8) is 0 Å². The summed E-state index contributed by atoms with van der Waals surface area (Å²) in [5, 5.41) is 0. The number of nitrogens with two attached hydrogens (primary N) is 1. The Labute approximate surface area is 94.0 Å². The Morgan fingerprint density at radius 2 is 2.07 bits per heavy atom. The average Bonchev–Trinajstić information content (AvgIpc) is 2.09. The molecule has 1 rings (SSSR count). The first-order chi connectivity index (χ1) is 6.88. The zero-order chi connectivity index (χ0) is 11.5. The minimum absolute atomic E-state index is 0.0226. The van der Waals surface area contributed by atoms with Crippen LogP contribution < -0.4 is 5.73 Å². The molecular formula is C12H26N2O. The Kier molecular flexibility index (Phi) is 4.56. The quantitative estimate of drug-likeness (QED) is 0.773. The van der Waals surface area contributed by atoms with Crippen molar-refractivity contribution in [1.29, 1.82) is 0 Å². The van der Waals surface area contributed by atoms with Gasteiger partial charge in [-0.15, -0.1) is 0 Å². The largest absolute Gasteiger partial charge is 0.375 e. The van der Waals surface area contributed by atoms with Crippen LogP contribution in [0.4, 0.5) is 0 Å². The van der Waals surface area contributed by atoms with E-state index in [0.29, 0.717) is 12.0 Å². The van der Waals surface area contributed by atoms with Crippen LogP contribution in [0.3, 0.4) is 0 Å². The molecule has 2 atom stereocenters. The van der Waals surface area contributed by atoms with Crippen molar-refractivity contribution in [3.05, 3.63) is 0 Å². The number of ether oxygens (including phenoxy) is 1. The molecule has 0 aromatic heterocycles. The lowest BCUT2D eigenvalue weighted by atomic mass is 9.94. The number of likely N-dealkylation sites (tertiary alicyclic amines) is 1. The van der Waals surface area contributed by atoms with E-state index < -0.39 is 0 Å². The zero-order valence-corrected chi connectivity index (χ0v) is 10.6. The van der Waals surface area contributed by atoms with E-state index in [-0.39, 0.29) is 5.60 Å². The zero-order valence-electron chi connectivity index (χ0n) is 10.6. The van der Waals surface area contributed by atoms with E-state index in [1.165, 1.54) is 13.0 Å². The van der Waals surface area contributed by atoms with Crippen LogP contribution in [0.2, 0.25) is 0 Å². The van der Waals surface area contributed by atoms with Crippen molar-refractivity contribution >= 4 is 0 Å². The number of rotatable bonds is 3. The van der Waals surface area contributed by atoms with E-state index >= 15 is 0 Å². The predicted molar refractivity (Wildman–Crippen MR) is 63.9 cm³/mol. The Hall–Kier alpha value is -0.120. The van der Waals surface area contributed by atoms with E-state index in [4.69, 9.17) is 10.5 Å². The third-order valence-electron chi connectivity index (χ3n) is 3.04. The minimum atomic E-state index is -0.0226. The molecule has 1 fully saturated rings. The molecule has 1 aliphatic heterocycles. The molecule has 3 nitrogen and oxygen atoms in total. The van der Waals surface area contributed by atoms with Gasteiger partial charge in [0, 0.05) is 19.1 Å². The molecule has 0 aliphatic carbocycles. The maximum absolute atomic E-state index is 6.04. The first kappa shape index (κ1) is 12.9. The topological polar surface area (TPSA) is 38.5 Å². The van der Waals surface area contributed by atoms with Gasteiger partial charge >= 0.3 is 0 Å². The molecule has 2 N–H and O–H groups in total. The molecule has 3 heteroatoms. The molecule has 1 aliphatic rings. The van der Waals surface area contributed by atoms with E-state index in [1.54, 1.807) is 0 Å². The molecule has 0 bridgehead atoms. The minimum Gasteiger partial charge on any atom is -0.375 e. The Morgan fingerprint density at radius 3 is 2.60 bits per heavy atom. The summed E-state index contributed by atoms with van der Waals surface area (Å²) in [6, 6.07) is 0.341. The standard InChI is InChI=1S/C12H26N2O/c1-10-5-6-14(9-11(10)13)7-8-15-12(2,3)4/h10-11H,5-9,13H2,1-4H3. The molecule has 90 valence electrons. The SMILES string of the molecule is CC1CCN(CCOC(C)(C)C)CC1N. The summed E-state index contributed by atoms with van der Waals surface area (Å²) in [4.78, 5) is 2.41. The molecule has 0 saturated carbocycles. The van der Waals surface area contributed by atoms with Gasteiger partial charge in [-0.25, -0.2) is 0 Å². The fraction of sp³-hybridized carbons (Fsp3) is 1.00. The smallest absolute Gasteiger partial charge is 0.0600 e. The average molecular weight is 214 g/mol. The summed E-state index contributed by atoms with van der Waals surface area (Å²) in [6.07, 6.45) is 1.22. The number of hydrogen-bond donors (Lipinski definition) is 1. The van der Waals surface area contributed by atoms with Crippen LogP contribution in [0.15, 0.2) is 0 Å². The van der Waals surface area contributed by atoms with Crippen LogP contribution >= 0.6 is 0 Å². The normalized spacial score (nSPS) is 29.4.